The molecule has 0 saturated carbocycles. The smallest absolute Gasteiger partial charge is 0.0395 e. The second-order valence-corrected chi connectivity index (χ2v) is 6.74. The Labute approximate surface area is 224 Å². The van der Waals surface area contributed by atoms with Crippen molar-refractivity contribution in [3.05, 3.63) is 107 Å². The first-order valence-corrected chi connectivity index (χ1v) is 13.5. The van der Waals surface area contributed by atoms with Crippen molar-refractivity contribution in [2.75, 3.05) is 0 Å². The minimum atomic E-state index is 0. The Kier molecular flexibility index (Phi) is 59.5. The van der Waals surface area contributed by atoms with Crippen LogP contribution >= 0.6 is 0 Å². The van der Waals surface area contributed by atoms with E-state index in [1.165, 1.54) is 35.1 Å². The number of hydrogen-bond acceptors (Lipinski definition) is 0. The van der Waals surface area contributed by atoms with Gasteiger partial charge in [-0.05, 0) is 49.9 Å². The fraction of sp³-hybridized carbons (Fsp3) is 0.486. The van der Waals surface area contributed by atoms with E-state index in [2.05, 4.69) is 104 Å². The molecule has 3 aromatic rings. The molecule has 0 N–H and O–H groups in total. The molecule has 35 heavy (non-hydrogen) atoms. The van der Waals surface area contributed by atoms with Crippen LogP contribution in [0.15, 0.2) is 84.9 Å². The lowest BCUT2D eigenvalue weighted by Crippen LogP contribution is -1.74. The summed E-state index contributed by atoms with van der Waals surface area (Å²) in [6, 6.07) is 28.7. The maximum atomic E-state index is 2.12. The lowest BCUT2D eigenvalue weighted by Gasteiger charge is -1.93. The maximum absolute atomic E-state index is 2.12. The van der Waals surface area contributed by atoms with Crippen LogP contribution in [0.1, 0.15) is 112 Å². The topological polar surface area (TPSA) is 0 Å². The monoisotopic (exact) mass is 485 g/mol. The molecule has 3 aromatic carbocycles. The molecule has 204 valence electrons. The second kappa shape index (κ2) is 45.2. The van der Waals surface area contributed by atoms with Crippen molar-refractivity contribution in [3.8, 4) is 0 Å². The zero-order valence-corrected chi connectivity index (χ0v) is 25.5. The first-order valence-electron chi connectivity index (χ1n) is 13.5. The zero-order chi connectivity index (χ0) is 27.6. The molecule has 0 spiro atoms. The molecule has 0 unspecified atom stereocenters. The minimum Gasteiger partial charge on any atom is -0.0776 e. The Morgan fingerprint density at radius 3 is 0.543 bits per heavy atom. The Morgan fingerprint density at radius 2 is 0.457 bits per heavy atom. The van der Waals surface area contributed by atoms with E-state index in [1.807, 2.05) is 77.9 Å². The van der Waals surface area contributed by atoms with Crippen LogP contribution in [-0.4, -0.2) is 0 Å². The standard InChI is InChI=1S/2C8H10.C6H6.2C3H8.3C2H6.CH4/c2*1-7-5-3-4-6-8(7)2;1-2-4-6-5-3-1;2*1-3-2;3*1-2;/h2*3-6H,1-2H3;1-6H;2*3H2,1-2H3;3*1-2H3;1H4. The molecule has 0 nitrogen and oxygen atoms in total. The van der Waals surface area contributed by atoms with Crippen molar-refractivity contribution in [1.82, 2.24) is 0 Å². The van der Waals surface area contributed by atoms with Crippen LogP contribution in [0.3, 0.4) is 0 Å². The van der Waals surface area contributed by atoms with Gasteiger partial charge in [0.1, 0.15) is 0 Å². The highest BCUT2D eigenvalue weighted by Crippen LogP contribution is 2.03. The predicted molar refractivity (Wildman–Crippen MR) is 171 cm³/mol. The van der Waals surface area contributed by atoms with E-state index in [9.17, 15) is 0 Å². The first kappa shape index (κ1) is 46.1. The summed E-state index contributed by atoms with van der Waals surface area (Å²) in [5.41, 5.74) is 5.47. The van der Waals surface area contributed by atoms with E-state index in [1.54, 1.807) is 0 Å². The Bertz CT molecular complexity index is 554. The van der Waals surface area contributed by atoms with Gasteiger partial charge in [0.2, 0.25) is 0 Å². The summed E-state index contributed by atoms with van der Waals surface area (Å²) >= 11 is 0. The SMILES string of the molecule is C.CC.CC.CC.CCC.CCC.Cc1ccccc1C.Cc1ccccc1C.c1ccccc1. The van der Waals surface area contributed by atoms with E-state index in [0.717, 1.165) is 0 Å². The number of aryl methyl sites for hydroxylation is 4. The van der Waals surface area contributed by atoms with Crippen LogP contribution in [0.4, 0.5) is 0 Å². The largest absolute Gasteiger partial charge is 0.0776 e. The summed E-state index contributed by atoms with van der Waals surface area (Å²) in [5.74, 6) is 0. The Balaban J connectivity index is -0.0000000736. The third-order valence-corrected chi connectivity index (χ3v) is 3.52. The number of rotatable bonds is 0. The fourth-order valence-electron chi connectivity index (χ4n) is 1.71. The van der Waals surface area contributed by atoms with E-state index in [0.29, 0.717) is 0 Å². The summed E-state index contributed by atoms with van der Waals surface area (Å²) in [4.78, 5) is 0. The normalized spacial score (nSPS) is 7.14. The van der Waals surface area contributed by atoms with Gasteiger partial charge < -0.3 is 0 Å². The lowest BCUT2D eigenvalue weighted by atomic mass is 10.1. The lowest BCUT2D eigenvalue weighted by molar-refractivity contribution is 1.09. The first-order chi connectivity index (χ1) is 16.4. The quantitative estimate of drug-likeness (QED) is 0.297. The van der Waals surface area contributed by atoms with Crippen LogP contribution in [0.2, 0.25) is 0 Å². The summed E-state index contributed by atoms with van der Waals surface area (Å²) < 4.78 is 0. The molecule has 0 radical (unpaired) electrons. The van der Waals surface area contributed by atoms with Crippen LogP contribution in [-0.2, 0) is 0 Å². The van der Waals surface area contributed by atoms with Gasteiger partial charge in [0.25, 0.3) is 0 Å². The van der Waals surface area contributed by atoms with Gasteiger partial charge in [-0.1, -0.05) is 174 Å². The van der Waals surface area contributed by atoms with E-state index >= 15 is 0 Å². The highest BCUT2D eigenvalue weighted by Gasteiger charge is 1.84. The highest BCUT2D eigenvalue weighted by molar-refractivity contribution is 5.24. The summed E-state index contributed by atoms with van der Waals surface area (Å²) in [5, 5.41) is 0. The third kappa shape index (κ3) is 42.3. The number of benzene rings is 3. The molecule has 0 aliphatic rings. The molecule has 0 bridgehead atoms. The van der Waals surface area contributed by atoms with Gasteiger partial charge in [0, 0.05) is 0 Å². The molecule has 3 rings (SSSR count). The minimum absolute atomic E-state index is 0. The van der Waals surface area contributed by atoms with Crippen molar-refractivity contribution in [2.24, 2.45) is 0 Å². The van der Waals surface area contributed by atoms with Crippen molar-refractivity contribution < 1.29 is 0 Å². The summed E-state index contributed by atoms with van der Waals surface area (Å²) in [6.45, 7) is 29.0. The zero-order valence-electron chi connectivity index (χ0n) is 25.5. The van der Waals surface area contributed by atoms with Gasteiger partial charge in [-0.2, -0.15) is 0 Å². The highest BCUT2D eigenvalue weighted by atomic mass is 13.9. The molecule has 0 heterocycles. The molecule has 0 amide bonds. The Morgan fingerprint density at radius 1 is 0.343 bits per heavy atom. The van der Waals surface area contributed by atoms with Gasteiger partial charge in [-0.15, -0.1) is 0 Å². The van der Waals surface area contributed by atoms with Crippen LogP contribution in [0.25, 0.3) is 0 Å². The summed E-state index contributed by atoms with van der Waals surface area (Å²) in [7, 11) is 0. The average molecular weight is 485 g/mol. The molecular formula is C35H64. The number of hydrogen-bond donors (Lipinski definition) is 0. The van der Waals surface area contributed by atoms with Crippen molar-refractivity contribution in [2.45, 2.75) is 117 Å². The fourth-order valence-corrected chi connectivity index (χ4v) is 1.71. The Hall–Kier alpha value is -2.34. The molecule has 0 aliphatic heterocycles. The second-order valence-electron chi connectivity index (χ2n) is 6.74. The predicted octanol–water partition coefficient (Wildman–Crippen LogP) is 12.8. The van der Waals surface area contributed by atoms with Crippen LogP contribution in [0, 0.1) is 27.7 Å². The van der Waals surface area contributed by atoms with E-state index < -0.39 is 0 Å². The molecule has 0 aromatic heterocycles. The molecular weight excluding hydrogens is 420 g/mol. The molecule has 0 heteroatoms. The average Bonchev–Trinajstić information content (AvgIpc) is 2.89. The van der Waals surface area contributed by atoms with Gasteiger partial charge in [0.15, 0.2) is 0 Å². The van der Waals surface area contributed by atoms with Gasteiger partial charge >= 0.3 is 0 Å². The molecule has 0 fully saturated rings. The summed E-state index contributed by atoms with van der Waals surface area (Å²) in [6.07, 6.45) is 2.50. The molecule has 0 atom stereocenters. The molecule has 0 aliphatic carbocycles. The van der Waals surface area contributed by atoms with E-state index in [-0.39, 0.29) is 7.43 Å². The van der Waals surface area contributed by atoms with Crippen molar-refractivity contribution >= 4 is 0 Å². The van der Waals surface area contributed by atoms with Gasteiger partial charge in [-0.3, -0.25) is 0 Å². The van der Waals surface area contributed by atoms with Crippen LogP contribution < -0.4 is 0 Å². The van der Waals surface area contributed by atoms with E-state index in [4.69, 9.17) is 0 Å². The van der Waals surface area contributed by atoms with Gasteiger partial charge in [0.05, 0.1) is 0 Å². The van der Waals surface area contributed by atoms with Crippen molar-refractivity contribution in [1.29, 1.82) is 0 Å². The molecule has 0 saturated heterocycles. The third-order valence-electron chi connectivity index (χ3n) is 3.52. The maximum Gasteiger partial charge on any atom is -0.0395 e. The van der Waals surface area contributed by atoms with Crippen LogP contribution in [0.5, 0.6) is 0 Å². The van der Waals surface area contributed by atoms with Gasteiger partial charge in [-0.25, -0.2) is 0 Å². The van der Waals surface area contributed by atoms with Crippen molar-refractivity contribution in [3.63, 3.8) is 0 Å².